The van der Waals surface area contributed by atoms with Crippen molar-refractivity contribution in [3.8, 4) is 0 Å². The fourth-order valence-corrected chi connectivity index (χ4v) is 1.47. The van der Waals surface area contributed by atoms with Gasteiger partial charge in [0.15, 0.2) is 6.29 Å². The summed E-state index contributed by atoms with van der Waals surface area (Å²) in [5.41, 5.74) is 0. The highest BCUT2D eigenvalue weighted by atomic mass is 16.6. The second-order valence-corrected chi connectivity index (χ2v) is 3.13. The molecule has 0 aliphatic carbocycles. The van der Waals surface area contributed by atoms with Crippen molar-refractivity contribution >= 4 is 0 Å². The van der Waals surface area contributed by atoms with Crippen molar-refractivity contribution in [1.29, 1.82) is 0 Å². The molecule has 0 saturated carbocycles. The Morgan fingerprint density at radius 2 is 2.09 bits per heavy atom. The second kappa shape index (κ2) is 4.04. The number of aliphatic hydroxyl groups excluding tert-OH is 2. The summed E-state index contributed by atoms with van der Waals surface area (Å²) < 4.78 is 5.19. The van der Waals surface area contributed by atoms with Crippen molar-refractivity contribution in [1.82, 2.24) is 0 Å². The molecule has 0 radical (unpaired) electrons. The largest absolute Gasteiger partial charge is 0.393 e. The maximum atomic E-state index is 9.24. The van der Waals surface area contributed by atoms with Gasteiger partial charge >= 0.3 is 0 Å². The highest BCUT2D eigenvalue weighted by Gasteiger charge is 2.25. The molecule has 0 aromatic heterocycles. The van der Waals surface area contributed by atoms with Gasteiger partial charge in [0.25, 0.3) is 0 Å². The van der Waals surface area contributed by atoms with Gasteiger partial charge in [0.1, 0.15) is 0 Å². The molecule has 3 nitrogen and oxygen atoms in total. The van der Waals surface area contributed by atoms with Crippen LogP contribution in [0, 0.1) is 0 Å². The molecule has 66 valence electrons. The summed E-state index contributed by atoms with van der Waals surface area (Å²) in [5.74, 6) is 0. The molecule has 3 heteroatoms. The van der Waals surface area contributed by atoms with E-state index in [1.165, 1.54) is 0 Å². The maximum absolute atomic E-state index is 9.24. The van der Waals surface area contributed by atoms with Crippen LogP contribution in [0.25, 0.3) is 0 Å². The number of ether oxygens (including phenoxy) is 1. The van der Waals surface area contributed by atoms with Gasteiger partial charge in [0.2, 0.25) is 0 Å². The van der Waals surface area contributed by atoms with E-state index in [2.05, 4.69) is 6.92 Å². The predicted octanol–water partition coefficient (Wildman–Crippen LogP) is 0.645. The molecule has 1 rings (SSSR count). The lowest BCUT2D eigenvalue weighted by Gasteiger charge is -2.29. The third kappa shape index (κ3) is 2.77. The van der Waals surface area contributed by atoms with Gasteiger partial charge in [-0.25, -0.2) is 0 Å². The first kappa shape index (κ1) is 8.97. The minimum atomic E-state index is -0.754. The van der Waals surface area contributed by atoms with E-state index in [4.69, 9.17) is 9.84 Å². The minimum absolute atomic E-state index is 0.0544. The zero-order chi connectivity index (χ0) is 8.27. The fourth-order valence-electron chi connectivity index (χ4n) is 1.47. The van der Waals surface area contributed by atoms with Crippen LogP contribution in [0.4, 0.5) is 0 Å². The third-order valence-corrected chi connectivity index (χ3v) is 1.97. The lowest BCUT2D eigenvalue weighted by atomic mass is 10.0. The molecule has 0 aromatic rings. The lowest BCUT2D eigenvalue weighted by molar-refractivity contribution is -0.190. The average Bonchev–Trinajstić information content (AvgIpc) is 1.85. The number of hydrogen-bond acceptors (Lipinski definition) is 3. The van der Waals surface area contributed by atoms with E-state index in [1.807, 2.05) is 0 Å². The normalized spacial score (nSPS) is 39.0. The van der Waals surface area contributed by atoms with Gasteiger partial charge in [-0.1, -0.05) is 13.3 Å². The zero-order valence-corrected chi connectivity index (χ0v) is 6.86. The molecule has 0 spiro atoms. The topological polar surface area (TPSA) is 49.7 Å². The van der Waals surface area contributed by atoms with Gasteiger partial charge in [-0.05, 0) is 12.8 Å². The van der Waals surface area contributed by atoms with Crippen molar-refractivity contribution in [3.63, 3.8) is 0 Å². The summed E-state index contributed by atoms with van der Waals surface area (Å²) in [7, 11) is 0. The van der Waals surface area contributed by atoms with Crippen LogP contribution in [0.15, 0.2) is 0 Å². The third-order valence-electron chi connectivity index (χ3n) is 1.97. The summed E-state index contributed by atoms with van der Waals surface area (Å²) in [6, 6.07) is 0. The molecular weight excluding hydrogens is 144 g/mol. The van der Waals surface area contributed by atoms with Gasteiger partial charge in [-0.3, -0.25) is 0 Å². The summed E-state index contributed by atoms with van der Waals surface area (Å²) >= 11 is 0. The van der Waals surface area contributed by atoms with Crippen LogP contribution in [0.2, 0.25) is 0 Å². The predicted molar refractivity (Wildman–Crippen MR) is 41.0 cm³/mol. The zero-order valence-electron chi connectivity index (χ0n) is 6.86. The summed E-state index contributed by atoms with van der Waals surface area (Å²) in [6.45, 7) is 2.07. The standard InChI is InChI=1S/C8H16O3/c1-2-3-7-4-6(9)5-8(10)11-7/h6-10H,2-5H2,1H3. The molecule has 0 aromatic carbocycles. The maximum Gasteiger partial charge on any atom is 0.157 e. The van der Waals surface area contributed by atoms with Crippen molar-refractivity contribution in [3.05, 3.63) is 0 Å². The Labute approximate surface area is 67.0 Å². The highest BCUT2D eigenvalue weighted by Crippen LogP contribution is 2.20. The molecular formula is C8H16O3. The Kier molecular flexibility index (Phi) is 3.30. The van der Waals surface area contributed by atoms with E-state index in [9.17, 15) is 5.11 Å². The van der Waals surface area contributed by atoms with E-state index >= 15 is 0 Å². The van der Waals surface area contributed by atoms with Crippen LogP contribution >= 0.6 is 0 Å². The smallest absolute Gasteiger partial charge is 0.157 e. The van der Waals surface area contributed by atoms with Gasteiger partial charge in [0, 0.05) is 6.42 Å². The molecule has 1 saturated heterocycles. The monoisotopic (exact) mass is 160 g/mol. The fraction of sp³-hybridized carbons (Fsp3) is 1.00. The van der Waals surface area contributed by atoms with E-state index in [0.717, 1.165) is 12.8 Å². The molecule has 11 heavy (non-hydrogen) atoms. The Bertz CT molecular complexity index is 106. The van der Waals surface area contributed by atoms with Crippen LogP contribution < -0.4 is 0 Å². The van der Waals surface area contributed by atoms with Gasteiger partial charge in [0.05, 0.1) is 12.2 Å². The van der Waals surface area contributed by atoms with E-state index in [1.54, 1.807) is 0 Å². The quantitative estimate of drug-likeness (QED) is 0.623. The molecule has 3 unspecified atom stereocenters. The second-order valence-electron chi connectivity index (χ2n) is 3.13. The first-order chi connectivity index (χ1) is 5.22. The van der Waals surface area contributed by atoms with E-state index in [0.29, 0.717) is 12.8 Å². The SMILES string of the molecule is CCCC1CC(O)CC(O)O1. The number of aliphatic hydroxyl groups is 2. The Morgan fingerprint density at radius 1 is 1.36 bits per heavy atom. The molecule has 0 bridgehead atoms. The van der Waals surface area contributed by atoms with E-state index in [-0.39, 0.29) is 12.2 Å². The van der Waals surface area contributed by atoms with Crippen LogP contribution in [-0.4, -0.2) is 28.7 Å². The van der Waals surface area contributed by atoms with Crippen LogP contribution in [0.5, 0.6) is 0 Å². The molecule has 1 aliphatic heterocycles. The van der Waals surface area contributed by atoms with Crippen molar-refractivity contribution in [2.75, 3.05) is 0 Å². The number of rotatable bonds is 2. The minimum Gasteiger partial charge on any atom is -0.393 e. The average molecular weight is 160 g/mol. The molecule has 2 N–H and O–H groups in total. The van der Waals surface area contributed by atoms with Crippen molar-refractivity contribution in [2.45, 2.75) is 51.1 Å². The summed E-state index contributed by atoms with van der Waals surface area (Å²) in [6.07, 6.45) is 1.91. The Morgan fingerprint density at radius 3 is 2.64 bits per heavy atom. The van der Waals surface area contributed by atoms with E-state index < -0.39 is 6.29 Å². The molecule has 1 heterocycles. The molecule has 3 atom stereocenters. The summed E-state index contributed by atoms with van der Waals surface area (Å²) in [5, 5.41) is 18.3. The molecule has 0 amide bonds. The van der Waals surface area contributed by atoms with Gasteiger partial charge < -0.3 is 14.9 Å². The Balaban J connectivity index is 2.30. The van der Waals surface area contributed by atoms with Crippen molar-refractivity contribution < 1.29 is 14.9 Å². The van der Waals surface area contributed by atoms with Gasteiger partial charge in [-0.15, -0.1) is 0 Å². The Hall–Kier alpha value is -0.120. The van der Waals surface area contributed by atoms with Crippen molar-refractivity contribution in [2.24, 2.45) is 0 Å². The number of hydrogen-bond donors (Lipinski definition) is 2. The first-order valence-corrected chi connectivity index (χ1v) is 4.24. The highest BCUT2D eigenvalue weighted by molar-refractivity contribution is 4.71. The van der Waals surface area contributed by atoms with Gasteiger partial charge in [-0.2, -0.15) is 0 Å². The van der Waals surface area contributed by atoms with Crippen LogP contribution in [0.3, 0.4) is 0 Å². The molecule has 1 aliphatic rings. The summed E-state index contributed by atoms with van der Waals surface area (Å²) in [4.78, 5) is 0. The van der Waals surface area contributed by atoms with Crippen LogP contribution in [0.1, 0.15) is 32.6 Å². The first-order valence-electron chi connectivity index (χ1n) is 4.24. The molecule has 1 fully saturated rings. The van der Waals surface area contributed by atoms with Crippen LogP contribution in [-0.2, 0) is 4.74 Å². The lowest BCUT2D eigenvalue weighted by Crippen LogP contribution is -2.35.